The van der Waals surface area contributed by atoms with Crippen LogP contribution in [0.15, 0.2) is 0 Å². The molecule has 1 aliphatic carbocycles. The number of aliphatic hydroxyl groups excluding tert-OH is 1. The average Bonchev–Trinajstić information content (AvgIpc) is 2.15. The zero-order valence-corrected chi connectivity index (χ0v) is 7.42. The summed E-state index contributed by atoms with van der Waals surface area (Å²) in [7, 11) is 0. The van der Waals surface area contributed by atoms with Crippen molar-refractivity contribution >= 4 is 0 Å². The maximum Gasteiger partial charge on any atom is 0.0576 e. The molecule has 1 rings (SSSR count). The minimum atomic E-state index is 0.294. The van der Waals surface area contributed by atoms with E-state index >= 15 is 0 Å². The predicted octanol–water partition coefficient (Wildman–Crippen LogP) is 0.760. The quantitative estimate of drug-likeness (QED) is 0.608. The lowest BCUT2D eigenvalue weighted by Crippen LogP contribution is -2.40. The van der Waals surface area contributed by atoms with Crippen LogP contribution in [-0.4, -0.2) is 24.3 Å². The van der Waals surface area contributed by atoms with E-state index in [1.165, 1.54) is 12.8 Å². The van der Waals surface area contributed by atoms with Gasteiger partial charge in [0.05, 0.1) is 6.54 Å². The summed E-state index contributed by atoms with van der Waals surface area (Å²) >= 11 is 0. The van der Waals surface area contributed by atoms with Crippen molar-refractivity contribution in [3.63, 3.8) is 0 Å². The molecule has 1 aliphatic rings. The smallest absolute Gasteiger partial charge is 0.0576 e. The van der Waals surface area contributed by atoms with Gasteiger partial charge in [0, 0.05) is 12.6 Å². The Morgan fingerprint density at radius 1 is 1.42 bits per heavy atom. The fourth-order valence-electron chi connectivity index (χ4n) is 1.88. The molecule has 0 radical (unpaired) electrons. The minimum Gasteiger partial charge on any atom is -0.396 e. The largest absolute Gasteiger partial charge is 0.396 e. The molecule has 2 nitrogen and oxygen atoms in total. The summed E-state index contributed by atoms with van der Waals surface area (Å²) in [4.78, 5) is 0. The molecular formula is C10H17NO. The summed E-state index contributed by atoms with van der Waals surface area (Å²) in [5, 5.41) is 12.3. The molecular weight excluding hydrogens is 150 g/mol. The molecule has 0 aliphatic heterocycles. The first kappa shape index (κ1) is 9.57. The van der Waals surface area contributed by atoms with Crippen LogP contribution in [0.4, 0.5) is 0 Å². The summed E-state index contributed by atoms with van der Waals surface area (Å²) in [5.41, 5.74) is 0. The molecule has 0 aromatic heterocycles. The highest BCUT2D eigenvalue weighted by Gasteiger charge is 2.23. The van der Waals surface area contributed by atoms with Crippen molar-refractivity contribution in [3.05, 3.63) is 0 Å². The molecule has 0 aromatic rings. The summed E-state index contributed by atoms with van der Waals surface area (Å²) in [5.74, 6) is 2.99. The van der Waals surface area contributed by atoms with Gasteiger partial charge in [-0.05, 0) is 18.8 Å². The monoisotopic (exact) mass is 167 g/mol. The Balaban J connectivity index is 2.32. The Hall–Kier alpha value is -0.520. The van der Waals surface area contributed by atoms with E-state index in [0.717, 1.165) is 12.8 Å². The van der Waals surface area contributed by atoms with Gasteiger partial charge in [-0.25, -0.2) is 0 Å². The van der Waals surface area contributed by atoms with Gasteiger partial charge in [0.2, 0.25) is 0 Å². The van der Waals surface area contributed by atoms with E-state index in [-0.39, 0.29) is 0 Å². The molecule has 68 valence electrons. The lowest BCUT2D eigenvalue weighted by molar-refractivity contribution is 0.155. The number of terminal acetylenes is 1. The van der Waals surface area contributed by atoms with E-state index in [0.29, 0.717) is 25.1 Å². The molecule has 2 N–H and O–H groups in total. The summed E-state index contributed by atoms with van der Waals surface area (Å²) in [6.07, 6.45) is 9.97. The highest BCUT2D eigenvalue weighted by Crippen LogP contribution is 2.23. The molecule has 12 heavy (non-hydrogen) atoms. The highest BCUT2D eigenvalue weighted by atomic mass is 16.3. The van der Waals surface area contributed by atoms with Gasteiger partial charge in [-0.15, -0.1) is 6.42 Å². The van der Waals surface area contributed by atoms with Crippen molar-refractivity contribution < 1.29 is 5.11 Å². The van der Waals surface area contributed by atoms with Crippen LogP contribution >= 0.6 is 0 Å². The molecule has 0 bridgehead atoms. The van der Waals surface area contributed by atoms with Gasteiger partial charge in [-0.1, -0.05) is 18.8 Å². The second-order valence-electron chi connectivity index (χ2n) is 3.42. The molecule has 2 atom stereocenters. The van der Waals surface area contributed by atoms with E-state index < -0.39 is 0 Å². The Morgan fingerprint density at radius 2 is 2.17 bits per heavy atom. The van der Waals surface area contributed by atoms with Crippen molar-refractivity contribution in [2.45, 2.75) is 31.7 Å². The van der Waals surface area contributed by atoms with E-state index in [4.69, 9.17) is 11.5 Å². The van der Waals surface area contributed by atoms with Gasteiger partial charge in [0.15, 0.2) is 0 Å². The van der Waals surface area contributed by atoms with Gasteiger partial charge in [0.1, 0.15) is 0 Å². The van der Waals surface area contributed by atoms with Crippen LogP contribution in [0.2, 0.25) is 0 Å². The Bertz CT molecular complexity index is 162. The van der Waals surface area contributed by atoms with Gasteiger partial charge < -0.3 is 10.4 Å². The zero-order chi connectivity index (χ0) is 8.81. The molecule has 2 unspecified atom stereocenters. The third kappa shape index (κ3) is 2.51. The molecule has 0 spiro atoms. The van der Waals surface area contributed by atoms with Crippen LogP contribution in [0.1, 0.15) is 25.7 Å². The zero-order valence-electron chi connectivity index (χ0n) is 7.42. The third-order valence-corrected chi connectivity index (χ3v) is 2.61. The Kier molecular flexibility index (Phi) is 4.13. The van der Waals surface area contributed by atoms with E-state index in [9.17, 15) is 0 Å². The second kappa shape index (κ2) is 5.18. The van der Waals surface area contributed by atoms with Gasteiger partial charge >= 0.3 is 0 Å². The molecule has 1 saturated carbocycles. The van der Waals surface area contributed by atoms with Crippen LogP contribution in [0.25, 0.3) is 0 Å². The third-order valence-electron chi connectivity index (χ3n) is 2.61. The lowest BCUT2D eigenvalue weighted by Gasteiger charge is -2.30. The number of nitrogens with one attached hydrogen (secondary N) is 1. The topological polar surface area (TPSA) is 32.3 Å². The van der Waals surface area contributed by atoms with Crippen LogP contribution in [-0.2, 0) is 0 Å². The van der Waals surface area contributed by atoms with E-state index in [1.807, 2.05) is 0 Å². The standard InChI is InChI=1S/C10H17NO/c1-2-7-11-10-6-4-3-5-9(10)8-12/h1,9-12H,3-8H2. The summed E-state index contributed by atoms with van der Waals surface area (Å²) < 4.78 is 0. The van der Waals surface area contributed by atoms with Crippen LogP contribution < -0.4 is 5.32 Å². The molecule has 0 amide bonds. The van der Waals surface area contributed by atoms with Crippen LogP contribution in [0.3, 0.4) is 0 Å². The maximum atomic E-state index is 9.07. The maximum absolute atomic E-state index is 9.07. The molecule has 0 saturated heterocycles. The summed E-state index contributed by atoms with van der Waals surface area (Å²) in [6, 6.07) is 0.444. The Labute approximate surface area is 74.4 Å². The van der Waals surface area contributed by atoms with Gasteiger partial charge in [-0.3, -0.25) is 0 Å². The van der Waals surface area contributed by atoms with Gasteiger partial charge in [-0.2, -0.15) is 0 Å². The number of hydrogen-bond donors (Lipinski definition) is 2. The first-order valence-electron chi connectivity index (χ1n) is 4.66. The Morgan fingerprint density at radius 3 is 2.83 bits per heavy atom. The summed E-state index contributed by atoms with van der Waals surface area (Å²) in [6.45, 7) is 0.920. The molecule has 0 aromatic carbocycles. The first-order valence-corrected chi connectivity index (χ1v) is 4.66. The predicted molar refractivity (Wildman–Crippen MR) is 49.7 cm³/mol. The average molecular weight is 167 g/mol. The number of hydrogen-bond acceptors (Lipinski definition) is 2. The van der Waals surface area contributed by atoms with Crippen molar-refractivity contribution in [1.29, 1.82) is 0 Å². The minimum absolute atomic E-state index is 0.294. The van der Waals surface area contributed by atoms with Crippen molar-refractivity contribution in [2.75, 3.05) is 13.2 Å². The van der Waals surface area contributed by atoms with Crippen molar-refractivity contribution in [3.8, 4) is 12.3 Å². The highest BCUT2D eigenvalue weighted by molar-refractivity contribution is 4.90. The molecule has 0 heterocycles. The van der Waals surface area contributed by atoms with E-state index in [2.05, 4.69) is 11.2 Å². The van der Waals surface area contributed by atoms with Crippen LogP contribution in [0.5, 0.6) is 0 Å². The fourth-order valence-corrected chi connectivity index (χ4v) is 1.88. The van der Waals surface area contributed by atoms with Crippen molar-refractivity contribution in [2.24, 2.45) is 5.92 Å². The molecule has 1 fully saturated rings. The van der Waals surface area contributed by atoms with Gasteiger partial charge in [0.25, 0.3) is 0 Å². The van der Waals surface area contributed by atoms with Crippen LogP contribution in [0, 0.1) is 18.3 Å². The second-order valence-corrected chi connectivity index (χ2v) is 3.42. The SMILES string of the molecule is C#CCNC1CCCCC1CO. The normalized spacial score (nSPS) is 29.7. The van der Waals surface area contributed by atoms with Crippen molar-refractivity contribution in [1.82, 2.24) is 5.32 Å². The number of aliphatic hydroxyl groups is 1. The van der Waals surface area contributed by atoms with E-state index in [1.54, 1.807) is 0 Å². The number of rotatable bonds is 3. The lowest BCUT2D eigenvalue weighted by atomic mass is 9.85. The first-order chi connectivity index (χ1) is 5.88. The fraction of sp³-hybridized carbons (Fsp3) is 0.800. The molecule has 2 heteroatoms.